The molecule has 2 heterocycles. The molecule has 2 saturated heterocycles. The Hall–Kier alpha value is -4.39. The maximum atomic E-state index is 14.3. The number of likely N-dealkylation sites (tertiary alicyclic amines) is 2. The number of halogens is 3. The standard InChI is InChI=1S/C37H42BrF2N3O7/c1-36(2,3)49-34(45)42-15-13-25(20-42)47-31-11-8-23(17-27(31)22-7-10-29(39)30(40)18-22)33(44)41-24-9-12-32(28(38)19-24)48-26-14-16-43(21-26)35(46)50-37(4,5)6/h7-12,17-19,25-26H,13-16,20-21H2,1-6H3,(H,41,44)/t25-,26-/m0/s1. The molecule has 10 nitrogen and oxygen atoms in total. The van der Waals surface area contributed by atoms with E-state index < -0.39 is 34.8 Å². The summed E-state index contributed by atoms with van der Waals surface area (Å²) in [6.45, 7) is 12.5. The van der Waals surface area contributed by atoms with Crippen molar-refractivity contribution in [1.82, 2.24) is 9.80 Å². The fourth-order valence-electron chi connectivity index (χ4n) is 5.53. The summed E-state index contributed by atoms with van der Waals surface area (Å²) in [5.74, 6) is -1.58. The van der Waals surface area contributed by atoms with Crippen molar-refractivity contribution in [2.75, 3.05) is 31.5 Å². The minimum atomic E-state index is -1.04. The molecule has 1 N–H and O–H groups in total. The normalized spacial score (nSPS) is 17.8. The number of anilines is 1. The lowest BCUT2D eigenvalue weighted by Gasteiger charge is -2.24. The van der Waals surface area contributed by atoms with E-state index in [4.69, 9.17) is 18.9 Å². The van der Waals surface area contributed by atoms with Crippen LogP contribution in [0.1, 0.15) is 64.7 Å². The van der Waals surface area contributed by atoms with Crippen molar-refractivity contribution in [2.24, 2.45) is 0 Å². The van der Waals surface area contributed by atoms with Gasteiger partial charge in [-0.25, -0.2) is 18.4 Å². The molecule has 0 aromatic heterocycles. The van der Waals surface area contributed by atoms with Gasteiger partial charge in [0.05, 0.1) is 17.6 Å². The van der Waals surface area contributed by atoms with Crippen molar-refractivity contribution in [3.05, 3.63) is 76.3 Å². The van der Waals surface area contributed by atoms with E-state index in [0.29, 0.717) is 65.3 Å². The molecule has 0 radical (unpaired) electrons. The number of amides is 3. The summed E-state index contributed by atoms with van der Waals surface area (Å²) in [5.41, 5.74) is 0.215. The molecule has 2 fully saturated rings. The zero-order chi connectivity index (χ0) is 36.4. The van der Waals surface area contributed by atoms with Crippen LogP contribution in [0.2, 0.25) is 0 Å². The van der Waals surface area contributed by atoms with Crippen LogP contribution < -0.4 is 14.8 Å². The van der Waals surface area contributed by atoms with Gasteiger partial charge >= 0.3 is 12.2 Å². The lowest BCUT2D eigenvalue weighted by Crippen LogP contribution is -2.36. The molecule has 2 atom stereocenters. The molecule has 2 aliphatic rings. The number of rotatable bonds is 7. The molecule has 0 saturated carbocycles. The number of carbonyl (C=O) groups excluding carboxylic acids is 3. The van der Waals surface area contributed by atoms with Gasteiger partial charge in [-0.1, -0.05) is 6.07 Å². The molecule has 0 unspecified atom stereocenters. The Bertz CT molecular complexity index is 1760. The number of nitrogens with one attached hydrogen (secondary N) is 1. The first-order valence-corrected chi connectivity index (χ1v) is 17.2. The van der Waals surface area contributed by atoms with E-state index in [1.165, 1.54) is 6.07 Å². The molecular formula is C37H42BrF2N3O7. The third-order valence-corrected chi connectivity index (χ3v) is 8.46. The van der Waals surface area contributed by atoms with Crippen molar-refractivity contribution in [3.8, 4) is 22.6 Å². The number of nitrogens with zero attached hydrogens (tertiary/aromatic N) is 2. The Balaban J connectivity index is 1.27. The third-order valence-electron chi connectivity index (χ3n) is 7.84. The van der Waals surface area contributed by atoms with Crippen molar-refractivity contribution >= 4 is 39.7 Å². The molecule has 3 aromatic carbocycles. The molecular weight excluding hydrogens is 716 g/mol. The minimum Gasteiger partial charge on any atom is -0.488 e. The number of hydrogen-bond donors (Lipinski definition) is 1. The van der Waals surface area contributed by atoms with Crippen molar-refractivity contribution in [2.45, 2.75) is 77.8 Å². The summed E-state index contributed by atoms with van der Waals surface area (Å²) in [7, 11) is 0. The molecule has 0 aliphatic carbocycles. The van der Waals surface area contributed by atoms with Crippen LogP contribution in [0.15, 0.2) is 59.1 Å². The van der Waals surface area contributed by atoms with Crippen LogP contribution in [0.5, 0.6) is 11.5 Å². The first kappa shape index (κ1) is 36.9. The molecule has 3 amide bonds. The molecule has 0 spiro atoms. The fraction of sp³-hybridized carbons (Fsp3) is 0.432. The zero-order valence-corrected chi connectivity index (χ0v) is 30.6. The third kappa shape index (κ3) is 9.64. The molecule has 50 heavy (non-hydrogen) atoms. The van der Waals surface area contributed by atoms with Gasteiger partial charge in [-0.05, 0) is 112 Å². The summed E-state index contributed by atoms with van der Waals surface area (Å²) in [6, 6.07) is 13.4. The van der Waals surface area contributed by atoms with E-state index in [1.54, 1.807) is 67.0 Å². The molecule has 13 heteroatoms. The van der Waals surface area contributed by atoms with Crippen LogP contribution in [-0.4, -0.2) is 77.5 Å². The van der Waals surface area contributed by atoms with Crippen LogP contribution in [0.3, 0.4) is 0 Å². The molecule has 0 bridgehead atoms. The summed E-state index contributed by atoms with van der Waals surface area (Å²) >= 11 is 3.52. The van der Waals surface area contributed by atoms with E-state index in [9.17, 15) is 23.2 Å². The second-order valence-corrected chi connectivity index (χ2v) is 15.2. The van der Waals surface area contributed by atoms with Crippen molar-refractivity contribution in [1.29, 1.82) is 0 Å². The average molecular weight is 759 g/mol. The Morgan fingerprint density at radius 3 is 1.84 bits per heavy atom. The van der Waals surface area contributed by atoms with E-state index in [1.807, 2.05) is 20.8 Å². The summed E-state index contributed by atoms with van der Waals surface area (Å²) < 4.78 is 52.2. The Labute approximate surface area is 299 Å². The topological polar surface area (TPSA) is 107 Å². The van der Waals surface area contributed by atoms with Gasteiger partial charge in [0.2, 0.25) is 0 Å². The highest BCUT2D eigenvalue weighted by molar-refractivity contribution is 9.10. The van der Waals surface area contributed by atoms with Gasteiger partial charge in [-0.3, -0.25) is 4.79 Å². The highest BCUT2D eigenvalue weighted by Gasteiger charge is 2.33. The number of benzene rings is 3. The molecule has 2 aliphatic heterocycles. The van der Waals surface area contributed by atoms with Gasteiger partial charge < -0.3 is 34.1 Å². The summed E-state index contributed by atoms with van der Waals surface area (Å²) in [5, 5.41) is 2.87. The summed E-state index contributed by atoms with van der Waals surface area (Å²) in [4.78, 5) is 41.6. The van der Waals surface area contributed by atoms with E-state index >= 15 is 0 Å². The Morgan fingerprint density at radius 1 is 0.740 bits per heavy atom. The number of hydrogen-bond acceptors (Lipinski definition) is 7. The number of ether oxygens (including phenoxy) is 4. The van der Waals surface area contributed by atoms with E-state index in [0.717, 1.165) is 12.1 Å². The Kier molecular flexibility index (Phi) is 10.9. The van der Waals surface area contributed by atoms with Gasteiger partial charge in [-0.2, -0.15) is 0 Å². The lowest BCUT2D eigenvalue weighted by atomic mass is 10.0. The maximum absolute atomic E-state index is 14.3. The van der Waals surface area contributed by atoms with Gasteiger partial charge in [0.15, 0.2) is 11.6 Å². The highest BCUT2D eigenvalue weighted by atomic mass is 79.9. The fourth-order valence-corrected chi connectivity index (χ4v) is 6.01. The van der Waals surface area contributed by atoms with Crippen LogP contribution in [-0.2, 0) is 9.47 Å². The quantitative estimate of drug-likeness (QED) is 0.258. The zero-order valence-electron chi connectivity index (χ0n) is 29.0. The van der Waals surface area contributed by atoms with Gasteiger partial charge in [0, 0.05) is 42.7 Å². The minimum absolute atomic E-state index is 0.223. The van der Waals surface area contributed by atoms with Gasteiger partial charge in [0.1, 0.15) is 34.9 Å². The molecule has 5 rings (SSSR count). The van der Waals surface area contributed by atoms with Crippen LogP contribution >= 0.6 is 15.9 Å². The maximum Gasteiger partial charge on any atom is 0.410 e. The van der Waals surface area contributed by atoms with Crippen molar-refractivity contribution in [3.63, 3.8) is 0 Å². The predicted octanol–water partition coefficient (Wildman–Crippen LogP) is 8.42. The Morgan fingerprint density at radius 2 is 1.30 bits per heavy atom. The van der Waals surface area contributed by atoms with Gasteiger partial charge in [0.25, 0.3) is 5.91 Å². The van der Waals surface area contributed by atoms with E-state index in [2.05, 4.69) is 21.2 Å². The predicted molar refractivity (Wildman–Crippen MR) is 188 cm³/mol. The SMILES string of the molecule is CC(C)(C)OC(=O)N1CC[C@H](Oc2ccc(NC(=O)c3ccc(O[C@H]4CCN(C(=O)OC(C)(C)C)C4)c(-c4ccc(F)c(F)c4)c3)cc2Br)C1. The molecule has 268 valence electrons. The second kappa shape index (κ2) is 14.8. The molecule has 3 aromatic rings. The van der Waals surface area contributed by atoms with Crippen LogP contribution in [0, 0.1) is 11.6 Å². The number of carbonyl (C=O) groups is 3. The van der Waals surface area contributed by atoms with Crippen LogP contribution in [0.4, 0.5) is 24.1 Å². The largest absolute Gasteiger partial charge is 0.488 e. The smallest absolute Gasteiger partial charge is 0.410 e. The lowest BCUT2D eigenvalue weighted by molar-refractivity contribution is 0.0266. The summed E-state index contributed by atoms with van der Waals surface area (Å²) in [6.07, 6.45) is -0.237. The monoisotopic (exact) mass is 757 g/mol. The van der Waals surface area contributed by atoms with Gasteiger partial charge in [-0.15, -0.1) is 0 Å². The first-order chi connectivity index (χ1) is 23.4. The second-order valence-electron chi connectivity index (χ2n) is 14.3. The van der Waals surface area contributed by atoms with E-state index in [-0.39, 0.29) is 30.4 Å². The highest BCUT2D eigenvalue weighted by Crippen LogP contribution is 2.35. The van der Waals surface area contributed by atoms with Crippen LogP contribution in [0.25, 0.3) is 11.1 Å². The van der Waals surface area contributed by atoms with Crippen molar-refractivity contribution < 1.29 is 42.1 Å². The first-order valence-electron chi connectivity index (χ1n) is 16.4. The average Bonchev–Trinajstić information content (AvgIpc) is 3.69.